The van der Waals surface area contributed by atoms with Gasteiger partial charge in [0.2, 0.25) is 5.91 Å². The third kappa shape index (κ3) is 5.84. The number of aliphatic hydroxyl groups excluding tert-OH is 1. The molecule has 2 rings (SSSR count). The Morgan fingerprint density at radius 1 is 0.960 bits per heavy atom. The molecule has 132 valence electrons. The molecule has 0 radical (unpaired) electrons. The Morgan fingerprint density at radius 3 is 2.32 bits per heavy atom. The molecule has 0 heterocycles. The minimum Gasteiger partial charge on any atom is -0.392 e. The van der Waals surface area contributed by atoms with Gasteiger partial charge in [-0.3, -0.25) is 9.59 Å². The lowest BCUT2D eigenvalue weighted by molar-refractivity contribution is -0.121. The molecule has 0 fully saturated rings. The van der Waals surface area contributed by atoms with Gasteiger partial charge in [0.05, 0.1) is 6.61 Å². The van der Waals surface area contributed by atoms with Crippen LogP contribution in [0, 0.1) is 13.8 Å². The summed E-state index contributed by atoms with van der Waals surface area (Å²) in [6.07, 6.45) is 1.15. The SMILES string of the molecule is Cc1ccc(C)c(C(=O)CCC(=O)NCCc2ccc(CO)cc2)c1. The van der Waals surface area contributed by atoms with Crippen molar-refractivity contribution in [3.05, 3.63) is 70.3 Å². The van der Waals surface area contributed by atoms with E-state index in [1.807, 2.05) is 56.3 Å². The second-order valence-electron chi connectivity index (χ2n) is 6.32. The summed E-state index contributed by atoms with van der Waals surface area (Å²) >= 11 is 0. The van der Waals surface area contributed by atoms with Crippen LogP contribution in [0.1, 0.15) is 45.5 Å². The molecular weight excluding hydrogens is 314 g/mol. The van der Waals surface area contributed by atoms with Gasteiger partial charge in [-0.2, -0.15) is 0 Å². The van der Waals surface area contributed by atoms with Crippen LogP contribution in [-0.2, 0) is 17.8 Å². The average molecular weight is 339 g/mol. The van der Waals surface area contributed by atoms with Crippen molar-refractivity contribution in [2.24, 2.45) is 0 Å². The van der Waals surface area contributed by atoms with E-state index in [0.29, 0.717) is 12.1 Å². The lowest BCUT2D eigenvalue weighted by Gasteiger charge is -2.08. The molecule has 4 heteroatoms. The van der Waals surface area contributed by atoms with Crippen molar-refractivity contribution in [3.63, 3.8) is 0 Å². The zero-order valence-electron chi connectivity index (χ0n) is 14.8. The predicted molar refractivity (Wildman–Crippen MR) is 98.6 cm³/mol. The highest BCUT2D eigenvalue weighted by molar-refractivity contribution is 5.99. The van der Waals surface area contributed by atoms with E-state index >= 15 is 0 Å². The molecule has 0 unspecified atom stereocenters. The first kappa shape index (κ1) is 18.9. The predicted octanol–water partition coefficient (Wildman–Crippen LogP) is 3.12. The summed E-state index contributed by atoms with van der Waals surface area (Å²) in [6.45, 7) is 4.44. The summed E-state index contributed by atoms with van der Waals surface area (Å²) in [7, 11) is 0. The number of aryl methyl sites for hydroxylation is 2. The van der Waals surface area contributed by atoms with Crippen molar-refractivity contribution in [2.75, 3.05) is 6.54 Å². The molecule has 0 saturated carbocycles. The Labute approximate surface area is 148 Å². The van der Waals surface area contributed by atoms with Crippen LogP contribution in [0.5, 0.6) is 0 Å². The van der Waals surface area contributed by atoms with E-state index in [1.165, 1.54) is 0 Å². The van der Waals surface area contributed by atoms with Crippen LogP contribution in [0.4, 0.5) is 0 Å². The molecule has 2 N–H and O–H groups in total. The van der Waals surface area contributed by atoms with Crippen LogP contribution in [-0.4, -0.2) is 23.3 Å². The maximum absolute atomic E-state index is 12.3. The zero-order valence-corrected chi connectivity index (χ0v) is 14.8. The normalized spacial score (nSPS) is 10.5. The number of ketones is 1. The van der Waals surface area contributed by atoms with Gasteiger partial charge in [0.15, 0.2) is 5.78 Å². The largest absolute Gasteiger partial charge is 0.392 e. The summed E-state index contributed by atoms with van der Waals surface area (Å²) < 4.78 is 0. The molecule has 2 aromatic rings. The Kier molecular flexibility index (Phi) is 6.90. The quantitative estimate of drug-likeness (QED) is 0.726. The standard InChI is InChI=1S/C21H25NO3/c1-15-3-4-16(2)19(13-15)20(24)9-10-21(25)22-12-11-17-5-7-18(14-23)8-6-17/h3-8,13,23H,9-12,14H2,1-2H3,(H,22,25). The van der Waals surface area contributed by atoms with Crippen LogP contribution < -0.4 is 5.32 Å². The Hall–Kier alpha value is -2.46. The lowest BCUT2D eigenvalue weighted by Crippen LogP contribution is -2.26. The monoisotopic (exact) mass is 339 g/mol. The molecule has 2 aromatic carbocycles. The number of benzene rings is 2. The third-order valence-corrected chi connectivity index (χ3v) is 4.21. The second kappa shape index (κ2) is 9.14. The van der Waals surface area contributed by atoms with Gasteiger partial charge >= 0.3 is 0 Å². The number of carbonyl (C=O) groups excluding carboxylic acids is 2. The van der Waals surface area contributed by atoms with Gasteiger partial charge in [0, 0.05) is 24.9 Å². The van der Waals surface area contributed by atoms with Gasteiger partial charge in [0.25, 0.3) is 0 Å². The van der Waals surface area contributed by atoms with Crippen molar-refractivity contribution in [1.29, 1.82) is 0 Å². The van der Waals surface area contributed by atoms with Gasteiger partial charge in [-0.15, -0.1) is 0 Å². The van der Waals surface area contributed by atoms with Crippen LogP contribution >= 0.6 is 0 Å². The maximum atomic E-state index is 12.3. The Bertz CT molecular complexity index is 735. The first-order chi connectivity index (χ1) is 12.0. The van der Waals surface area contributed by atoms with Crippen molar-refractivity contribution < 1.29 is 14.7 Å². The first-order valence-electron chi connectivity index (χ1n) is 8.55. The number of aliphatic hydroxyl groups is 1. The third-order valence-electron chi connectivity index (χ3n) is 4.21. The Balaban J connectivity index is 1.74. The van der Waals surface area contributed by atoms with E-state index in [9.17, 15) is 9.59 Å². The van der Waals surface area contributed by atoms with Crippen LogP contribution in [0.3, 0.4) is 0 Å². The topological polar surface area (TPSA) is 66.4 Å². The van der Waals surface area contributed by atoms with Crippen molar-refractivity contribution in [2.45, 2.75) is 39.7 Å². The first-order valence-corrected chi connectivity index (χ1v) is 8.55. The van der Waals surface area contributed by atoms with E-state index in [2.05, 4.69) is 5.32 Å². The zero-order chi connectivity index (χ0) is 18.2. The molecular formula is C21H25NO3. The van der Waals surface area contributed by atoms with Gasteiger partial charge in [-0.25, -0.2) is 0 Å². The number of carbonyl (C=O) groups is 2. The van der Waals surface area contributed by atoms with Crippen molar-refractivity contribution >= 4 is 11.7 Å². The highest BCUT2D eigenvalue weighted by Crippen LogP contribution is 2.13. The number of hydrogen-bond acceptors (Lipinski definition) is 3. The summed E-state index contributed by atoms with van der Waals surface area (Å²) in [5.41, 5.74) is 4.67. The van der Waals surface area contributed by atoms with E-state index in [-0.39, 0.29) is 31.1 Å². The number of Topliss-reactive ketones (excluding diaryl/α,β-unsaturated/α-hetero) is 1. The van der Waals surface area contributed by atoms with Crippen molar-refractivity contribution in [3.8, 4) is 0 Å². The molecule has 1 amide bonds. The van der Waals surface area contributed by atoms with Gasteiger partial charge in [-0.05, 0) is 43.0 Å². The highest BCUT2D eigenvalue weighted by Gasteiger charge is 2.11. The fourth-order valence-corrected chi connectivity index (χ4v) is 2.64. The summed E-state index contributed by atoms with van der Waals surface area (Å²) in [5, 5.41) is 11.9. The fourth-order valence-electron chi connectivity index (χ4n) is 2.64. The van der Waals surface area contributed by atoms with Gasteiger partial charge in [-0.1, -0.05) is 42.0 Å². The summed E-state index contributed by atoms with van der Waals surface area (Å²) in [4.78, 5) is 24.2. The number of nitrogens with one attached hydrogen (secondary N) is 1. The average Bonchev–Trinajstić information content (AvgIpc) is 2.62. The number of rotatable bonds is 8. The van der Waals surface area contributed by atoms with E-state index < -0.39 is 0 Å². The minimum absolute atomic E-state index is 0.0101. The van der Waals surface area contributed by atoms with E-state index in [4.69, 9.17) is 5.11 Å². The van der Waals surface area contributed by atoms with Gasteiger partial charge in [0.1, 0.15) is 0 Å². The smallest absolute Gasteiger partial charge is 0.220 e. The van der Waals surface area contributed by atoms with Crippen LogP contribution in [0.15, 0.2) is 42.5 Å². The second-order valence-corrected chi connectivity index (χ2v) is 6.32. The molecule has 0 spiro atoms. The molecule has 0 aromatic heterocycles. The van der Waals surface area contributed by atoms with Crippen LogP contribution in [0.2, 0.25) is 0 Å². The molecule has 25 heavy (non-hydrogen) atoms. The summed E-state index contributed by atoms with van der Waals surface area (Å²) in [5.74, 6) is -0.0958. The van der Waals surface area contributed by atoms with Crippen molar-refractivity contribution in [1.82, 2.24) is 5.32 Å². The fraction of sp³-hybridized carbons (Fsp3) is 0.333. The van der Waals surface area contributed by atoms with E-state index in [1.54, 1.807) is 0 Å². The molecule has 0 aliphatic rings. The summed E-state index contributed by atoms with van der Waals surface area (Å²) in [6, 6.07) is 13.4. The number of amides is 1. The van der Waals surface area contributed by atoms with Crippen LogP contribution in [0.25, 0.3) is 0 Å². The highest BCUT2D eigenvalue weighted by atomic mass is 16.3. The van der Waals surface area contributed by atoms with Gasteiger partial charge < -0.3 is 10.4 Å². The maximum Gasteiger partial charge on any atom is 0.220 e. The molecule has 0 bridgehead atoms. The van der Waals surface area contributed by atoms with E-state index in [0.717, 1.165) is 28.7 Å². The number of hydrogen-bond donors (Lipinski definition) is 2. The molecule has 0 atom stereocenters. The lowest BCUT2D eigenvalue weighted by atomic mass is 9.99. The molecule has 0 aliphatic carbocycles. The minimum atomic E-state index is -0.106. The molecule has 0 saturated heterocycles. The molecule has 0 aliphatic heterocycles. The Morgan fingerprint density at radius 2 is 1.64 bits per heavy atom. The molecule has 4 nitrogen and oxygen atoms in total.